The maximum atomic E-state index is 12.4. The summed E-state index contributed by atoms with van der Waals surface area (Å²) >= 11 is 0. The third-order valence-corrected chi connectivity index (χ3v) is 5.84. The summed E-state index contributed by atoms with van der Waals surface area (Å²) in [5, 5.41) is 9.52. The van der Waals surface area contributed by atoms with Crippen molar-refractivity contribution in [2.45, 2.75) is 38.0 Å². The standard InChI is InChI=1S/C15H23NO4S/c1-3-15(4-2,11-17)10-16-21(18,19)13-5-6-14-12(9-13)7-8-20-14/h5-6,9,16-17H,3-4,7-8,10-11H2,1-2H3. The average Bonchev–Trinajstić information content (AvgIpc) is 2.96. The van der Waals surface area contributed by atoms with Crippen LogP contribution in [0.1, 0.15) is 32.3 Å². The summed E-state index contributed by atoms with van der Waals surface area (Å²) in [5.74, 6) is 0.765. The van der Waals surface area contributed by atoms with Gasteiger partial charge in [-0.3, -0.25) is 0 Å². The molecule has 6 heteroatoms. The summed E-state index contributed by atoms with van der Waals surface area (Å²) in [6.07, 6.45) is 2.18. The Kier molecular flexibility index (Phi) is 4.91. The van der Waals surface area contributed by atoms with E-state index in [1.165, 1.54) is 0 Å². The van der Waals surface area contributed by atoms with Crippen molar-refractivity contribution in [1.29, 1.82) is 0 Å². The molecule has 1 aliphatic rings. The average molecular weight is 313 g/mol. The monoisotopic (exact) mass is 313 g/mol. The molecule has 118 valence electrons. The molecule has 0 unspecified atom stereocenters. The Balaban J connectivity index is 2.15. The fourth-order valence-electron chi connectivity index (χ4n) is 2.44. The first-order valence-electron chi connectivity index (χ1n) is 7.32. The maximum Gasteiger partial charge on any atom is 0.240 e. The van der Waals surface area contributed by atoms with Gasteiger partial charge in [-0.25, -0.2) is 13.1 Å². The van der Waals surface area contributed by atoms with E-state index in [2.05, 4.69) is 4.72 Å². The van der Waals surface area contributed by atoms with Crippen LogP contribution in [0.3, 0.4) is 0 Å². The summed E-state index contributed by atoms with van der Waals surface area (Å²) in [6.45, 7) is 4.74. The van der Waals surface area contributed by atoms with Gasteiger partial charge >= 0.3 is 0 Å². The van der Waals surface area contributed by atoms with Crippen LogP contribution in [0.15, 0.2) is 23.1 Å². The topological polar surface area (TPSA) is 75.6 Å². The Labute approximate surface area is 126 Å². The van der Waals surface area contributed by atoms with Crippen LogP contribution in [0, 0.1) is 5.41 Å². The van der Waals surface area contributed by atoms with Gasteiger partial charge in [-0.05, 0) is 36.6 Å². The minimum Gasteiger partial charge on any atom is -0.493 e. The van der Waals surface area contributed by atoms with E-state index in [0.717, 1.165) is 30.6 Å². The van der Waals surface area contributed by atoms with E-state index in [0.29, 0.717) is 6.61 Å². The zero-order valence-electron chi connectivity index (χ0n) is 12.6. The second-order valence-corrected chi connectivity index (χ2v) is 7.32. The SMILES string of the molecule is CCC(CC)(CO)CNS(=O)(=O)c1ccc2c(c1)CCO2. The van der Waals surface area contributed by atoms with E-state index in [1.807, 2.05) is 13.8 Å². The van der Waals surface area contributed by atoms with E-state index in [4.69, 9.17) is 4.74 Å². The number of aliphatic hydroxyl groups excluding tert-OH is 1. The molecule has 0 aliphatic carbocycles. The van der Waals surface area contributed by atoms with E-state index < -0.39 is 15.4 Å². The van der Waals surface area contributed by atoms with Crippen molar-refractivity contribution in [3.8, 4) is 5.75 Å². The minimum absolute atomic E-state index is 0.0272. The number of aliphatic hydroxyl groups is 1. The van der Waals surface area contributed by atoms with Gasteiger partial charge in [-0.2, -0.15) is 0 Å². The van der Waals surface area contributed by atoms with E-state index in [-0.39, 0.29) is 18.0 Å². The lowest BCUT2D eigenvalue weighted by Crippen LogP contribution is -2.39. The molecule has 1 aromatic carbocycles. The molecule has 1 heterocycles. The molecule has 21 heavy (non-hydrogen) atoms. The molecule has 1 aliphatic heterocycles. The van der Waals surface area contributed by atoms with Crippen LogP contribution in [-0.4, -0.2) is 33.3 Å². The van der Waals surface area contributed by atoms with Gasteiger partial charge in [0.05, 0.1) is 11.5 Å². The highest BCUT2D eigenvalue weighted by molar-refractivity contribution is 7.89. The fraction of sp³-hybridized carbons (Fsp3) is 0.600. The Morgan fingerprint density at radius 2 is 2.05 bits per heavy atom. The van der Waals surface area contributed by atoms with Gasteiger partial charge in [0.2, 0.25) is 10.0 Å². The molecule has 1 aromatic rings. The lowest BCUT2D eigenvalue weighted by atomic mass is 9.84. The molecular weight excluding hydrogens is 290 g/mol. The van der Waals surface area contributed by atoms with E-state index in [1.54, 1.807) is 18.2 Å². The number of benzene rings is 1. The van der Waals surface area contributed by atoms with Gasteiger partial charge in [0.25, 0.3) is 0 Å². The Hall–Kier alpha value is -1.11. The molecule has 0 bridgehead atoms. The molecule has 0 atom stereocenters. The number of rotatable bonds is 7. The van der Waals surface area contributed by atoms with E-state index in [9.17, 15) is 13.5 Å². The molecular formula is C15H23NO4S. The molecule has 0 saturated carbocycles. The second-order valence-electron chi connectivity index (χ2n) is 5.56. The normalized spacial score (nSPS) is 14.8. The first-order valence-corrected chi connectivity index (χ1v) is 8.81. The van der Waals surface area contributed by atoms with Crippen LogP contribution in [0.2, 0.25) is 0 Å². The third-order valence-electron chi connectivity index (χ3n) is 4.44. The van der Waals surface area contributed by atoms with Crippen molar-refractivity contribution >= 4 is 10.0 Å². The Morgan fingerprint density at radius 3 is 2.67 bits per heavy atom. The molecule has 0 saturated heterocycles. The van der Waals surface area contributed by atoms with Gasteiger partial charge < -0.3 is 9.84 Å². The van der Waals surface area contributed by atoms with Crippen LogP contribution in [0.25, 0.3) is 0 Å². The van der Waals surface area contributed by atoms with Crippen molar-refractivity contribution < 1.29 is 18.3 Å². The second kappa shape index (κ2) is 6.34. The first kappa shape index (κ1) is 16.3. The lowest BCUT2D eigenvalue weighted by molar-refractivity contribution is 0.119. The van der Waals surface area contributed by atoms with Crippen LogP contribution < -0.4 is 9.46 Å². The van der Waals surface area contributed by atoms with Crippen LogP contribution in [-0.2, 0) is 16.4 Å². The van der Waals surface area contributed by atoms with Gasteiger partial charge in [0.15, 0.2) is 0 Å². The van der Waals surface area contributed by atoms with Crippen LogP contribution >= 0.6 is 0 Å². The van der Waals surface area contributed by atoms with Crippen molar-refractivity contribution in [1.82, 2.24) is 4.72 Å². The van der Waals surface area contributed by atoms with Gasteiger partial charge in [0.1, 0.15) is 5.75 Å². The zero-order chi connectivity index (χ0) is 15.5. The summed E-state index contributed by atoms with van der Waals surface area (Å²) in [6, 6.07) is 4.93. The molecule has 0 fully saturated rings. The highest BCUT2D eigenvalue weighted by Crippen LogP contribution is 2.28. The van der Waals surface area contributed by atoms with Crippen molar-refractivity contribution in [3.05, 3.63) is 23.8 Å². The number of sulfonamides is 1. The number of fused-ring (bicyclic) bond motifs is 1. The molecule has 2 N–H and O–H groups in total. The number of ether oxygens (including phenoxy) is 1. The zero-order valence-corrected chi connectivity index (χ0v) is 13.4. The molecule has 0 radical (unpaired) electrons. The van der Waals surface area contributed by atoms with Gasteiger partial charge in [0, 0.05) is 25.0 Å². The highest BCUT2D eigenvalue weighted by atomic mass is 32.2. The summed E-state index contributed by atoms with van der Waals surface area (Å²) in [7, 11) is -3.56. The summed E-state index contributed by atoms with van der Waals surface area (Å²) < 4.78 is 32.8. The maximum absolute atomic E-state index is 12.4. The predicted molar refractivity (Wildman–Crippen MR) is 80.9 cm³/mol. The number of hydrogen-bond donors (Lipinski definition) is 2. The molecule has 0 aromatic heterocycles. The van der Waals surface area contributed by atoms with Crippen LogP contribution in [0.5, 0.6) is 5.75 Å². The minimum atomic E-state index is -3.56. The molecule has 2 rings (SSSR count). The van der Waals surface area contributed by atoms with Crippen molar-refractivity contribution in [2.24, 2.45) is 5.41 Å². The smallest absolute Gasteiger partial charge is 0.240 e. The van der Waals surface area contributed by atoms with Crippen LogP contribution in [0.4, 0.5) is 0 Å². The lowest BCUT2D eigenvalue weighted by Gasteiger charge is -2.29. The Bertz CT molecular complexity index is 585. The molecule has 0 amide bonds. The number of nitrogens with one attached hydrogen (secondary N) is 1. The number of hydrogen-bond acceptors (Lipinski definition) is 4. The third kappa shape index (κ3) is 3.39. The van der Waals surface area contributed by atoms with Crippen molar-refractivity contribution in [3.63, 3.8) is 0 Å². The van der Waals surface area contributed by atoms with Crippen molar-refractivity contribution in [2.75, 3.05) is 19.8 Å². The predicted octanol–water partition coefficient (Wildman–Crippen LogP) is 1.70. The largest absolute Gasteiger partial charge is 0.493 e. The van der Waals surface area contributed by atoms with E-state index >= 15 is 0 Å². The van der Waals surface area contributed by atoms with Gasteiger partial charge in [-0.1, -0.05) is 13.8 Å². The fourth-order valence-corrected chi connectivity index (χ4v) is 3.65. The quantitative estimate of drug-likeness (QED) is 0.803. The highest BCUT2D eigenvalue weighted by Gasteiger charge is 2.28. The Morgan fingerprint density at radius 1 is 1.33 bits per heavy atom. The summed E-state index contributed by atoms with van der Waals surface area (Å²) in [5.41, 5.74) is 0.532. The first-order chi connectivity index (χ1) is 9.96. The van der Waals surface area contributed by atoms with Gasteiger partial charge in [-0.15, -0.1) is 0 Å². The summed E-state index contributed by atoms with van der Waals surface area (Å²) in [4.78, 5) is 0.255. The molecule has 0 spiro atoms. The molecule has 5 nitrogen and oxygen atoms in total.